The zero-order valence-corrected chi connectivity index (χ0v) is 39.5. The van der Waals surface area contributed by atoms with Crippen molar-refractivity contribution < 1.29 is 39.8 Å². The second-order valence-corrected chi connectivity index (χ2v) is 16.9. The number of carbonyl (C=O) groups excluding carboxylic acids is 1. The molecular formula is C54H91NO8. The van der Waals surface area contributed by atoms with Crippen LogP contribution in [0.2, 0.25) is 0 Å². The quantitative estimate of drug-likeness (QED) is 0.0263. The third-order valence-electron chi connectivity index (χ3n) is 11.1. The van der Waals surface area contributed by atoms with Crippen LogP contribution in [0.5, 0.6) is 0 Å². The SMILES string of the molecule is CC/C=C\C/C=C\C/C=C\C/C=C\C/C=C\C/C=C\CCCCC(=O)NC(COC1OC(CO)C(O)C(O)C1O)C(O)/C=C/CC/C=C/CCCCCCCCCCCCCCC. The monoisotopic (exact) mass is 882 g/mol. The average molecular weight is 882 g/mol. The molecule has 0 aromatic heterocycles. The fourth-order valence-corrected chi connectivity index (χ4v) is 7.17. The molecule has 0 bridgehead atoms. The van der Waals surface area contributed by atoms with E-state index in [4.69, 9.17) is 9.47 Å². The van der Waals surface area contributed by atoms with Gasteiger partial charge < -0.3 is 40.3 Å². The molecule has 1 saturated heterocycles. The van der Waals surface area contributed by atoms with Gasteiger partial charge in [-0.05, 0) is 83.5 Å². The molecule has 0 aromatic carbocycles. The Morgan fingerprint density at radius 3 is 1.52 bits per heavy atom. The van der Waals surface area contributed by atoms with Crippen LogP contribution in [0.3, 0.4) is 0 Å². The zero-order valence-electron chi connectivity index (χ0n) is 39.5. The van der Waals surface area contributed by atoms with Crippen LogP contribution in [0.1, 0.15) is 181 Å². The van der Waals surface area contributed by atoms with Crippen LogP contribution in [0.4, 0.5) is 0 Å². The molecule has 1 heterocycles. The van der Waals surface area contributed by atoms with E-state index in [9.17, 15) is 30.3 Å². The van der Waals surface area contributed by atoms with Crippen LogP contribution in [-0.2, 0) is 14.3 Å². The van der Waals surface area contributed by atoms with E-state index in [-0.39, 0.29) is 18.9 Å². The Morgan fingerprint density at radius 2 is 1.00 bits per heavy atom. The lowest BCUT2D eigenvalue weighted by atomic mass is 9.99. The molecule has 7 unspecified atom stereocenters. The lowest BCUT2D eigenvalue weighted by molar-refractivity contribution is -0.302. The van der Waals surface area contributed by atoms with Gasteiger partial charge in [0.25, 0.3) is 0 Å². The number of amides is 1. The highest BCUT2D eigenvalue weighted by molar-refractivity contribution is 5.76. The maximum absolute atomic E-state index is 13.0. The Labute approximate surface area is 383 Å². The highest BCUT2D eigenvalue weighted by atomic mass is 16.7. The van der Waals surface area contributed by atoms with Crippen LogP contribution >= 0.6 is 0 Å². The summed E-state index contributed by atoms with van der Waals surface area (Å²) in [7, 11) is 0. The number of rotatable bonds is 40. The van der Waals surface area contributed by atoms with E-state index in [1.54, 1.807) is 6.08 Å². The third kappa shape index (κ3) is 33.3. The van der Waals surface area contributed by atoms with E-state index in [0.29, 0.717) is 6.42 Å². The van der Waals surface area contributed by atoms with Gasteiger partial charge in [-0.15, -0.1) is 0 Å². The summed E-state index contributed by atoms with van der Waals surface area (Å²) in [6, 6.07) is -0.851. The van der Waals surface area contributed by atoms with Crippen LogP contribution in [0, 0.1) is 0 Å². The second kappa shape index (κ2) is 43.0. The molecule has 360 valence electrons. The Morgan fingerprint density at radius 1 is 0.556 bits per heavy atom. The fraction of sp³-hybridized carbons (Fsp3) is 0.685. The summed E-state index contributed by atoms with van der Waals surface area (Å²) in [6.45, 7) is 3.61. The van der Waals surface area contributed by atoms with Gasteiger partial charge in [0.2, 0.25) is 5.91 Å². The van der Waals surface area contributed by atoms with Gasteiger partial charge >= 0.3 is 0 Å². The number of aliphatic hydroxyl groups excluding tert-OH is 5. The second-order valence-electron chi connectivity index (χ2n) is 16.9. The van der Waals surface area contributed by atoms with Gasteiger partial charge in [0, 0.05) is 6.42 Å². The molecule has 1 aliphatic rings. The Kier molecular flexibility index (Phi) is 39.7. The van der Waals surface area contributed by atoms with Crippen molar-refractivity contribution in [3.8, 4) is 0 Å². The summed E-state index contributed by atoms with van der Waals surface area (Å²) in [4.78, 5) is 13.0. The molecule has 9 nitrogen and oxygen atoms in total. The number of allylic oxidation sites excluding steroid dienone is 15. The molecule has 1 amide bonds. The van der Waals surface area contributed by atoms with Crippen molar-refractivity contribution >= 4 is 5.91 Å². The first-order valence-electron chi connectivity index (χ1n) is 25.0. The van der Waals surface area contributed by atoms with Gasteiger partial charge in [-0.1, -0.05) is 188 Å². The normalized spacial score (nSPS) is 21.0. The smallest absolute Gasteiger partial charge is 0.220 e. The number of hydrogen-bond acceptors (Lipinski definition) is 8. The molecule has 1 fully saturated rings. The number of aliphatic hydroxyl groups is 5. The summed E-state index contributed by atoms with van der Waals surface area (Å²) in [5.41, 5.74) is 0. The van der Waals surface area contributed by atoms with Crippen LogP contribution < -0.4 is 5.32 Å². The fourth-order valence-electron chi connectivity index (χ4n) is 7.17. The lowest BCUT2D eigenvalue weighted by Gasteiger charge is -2.40. The molecule has 63 heavy (non-hydrogen) atoms. The summed E-state index contributed by atoms with van der Waals surface area (Å²) < 4.78 is 11.2. The molecule has 9 heteroatoms. The van der Waals surface area contributed by atoms with Crippen molar-refractivity contribution in [2.45, 2.75) is 224 Å². The van der Waals surface area contributed by atoms with Crippen molar-refractivity contribution in [2.75, 3.05) is 13.2 Å². The van der Waals surface area contributed by atoms with E-state index in [2.05, 4.69) is 104 Å². The van der Waals surface area contributed by atoms with E-state index < -0.39 is 49.5 Å². The maximum Gasteiger partial charge on any atom is 0.220 e. The lowest BCUT2D eigenvalue weighted by Crippen LogP contribution is -2.60. The third-order valence-corrected chi connectivity index (χ3v) is 11.1. The van der Waals surface area contributed by atoms with Gasteiger partial charge in [-0.25, -0.2) is 0 Å². The van der Waals surface area contributed by atoms with Crippen molar-refractivity contribution in [2.24, 2.45) is 0 Å². The molecule has 7 atom stereocenters. The average Bonchev–Trinajstić information content (AvgIpc) is 3.28. The summed E-state index contributed by atoms with van der Waals surface area (Å²) in [6.07, 6.45) is 54.5. The maximum atomic E-state index is 13.0. The van der Waals surface area contributed by atoms with Crippen molar-refractivity contribution in [3.05, 3.63) is 97.2 Å². The Balaban J connectivity index is 2.40. The summed E-state index contributed by atoms with van der Waals surface area (Å²) in [5.74, 6) is -0.233. The van der Waals surface area contributed by atoms with Gasteiger partial charge in [0.1, 0.15) is 24.4 Å². The van der Waals surface area contributed by atoms with Crippen LogP contribution in [-0.4, -0.2) is 87.5 Å². The zero-order chi connectivity index (χ0) is 45.9. The Hall–Kier alpha value is -2.89. The van der Waals surface area contributed by atoms with Crippen LogP contribution in [0.25, 0.3) is 0 Å². The minimum absolute atomic E-state index is 0.225. The van der Waals surface area contributed by atoms with E-state index in [1.807, 2.05) is 6.08 Å². The van der Waals surface area contributed by atoms with Gasteiger partial charge in [-0.2, -0.15) is 0 Å². The topological polar surface area (TPSA) is 149 Å². The number of hydrogen-bond donors (Lipinski definition) is 6. The molecule has 0 aliphatic carbocycles. The number of nitrogens with one attached hydrogen (secondary N) is 1. The Bertz CT molecular complexity index is 1300. The van der Waals surface area contributed by atoms with Crippen molar-refractivity contribution in [1.82, 2.24) is 5.32 Å². The van der Waals surface area contributed by atoms with Crippen molar-refractivity contribution in [1.29, 1.82) is 0 Å². The minimum atomic E-state index is -1.59. The predicted octanol–water partition coefficient (Wildman–Crippen LogP) is 11.3. The molecule has 0 radical (unpaired) electrons. The first kappa shape index (κ1) is 58.1. The predicted molar refractivity (Wildman–Crippen MR) is 262 cm³/mol. The molecule has 0 spiro atoms. The molecule has 1 aliphatic heterocycles. The molecule has 1 rings (SSSR count). The first-order chi connectivity index (χ1) is 30.8. The largest absolute Gasteiger partial charge is 0.394 e. The van der Waals surface area contributed by atoms with E-state index in [1.165, 1.54) is 83.5 Å². The number of unbranched alkanes of at least 4 members (excludes halogenated alkanes) is 16. The highest BCUT2D eigenvalue weighted by Crippen LogP contribution is 2.22. The first-order valence-corrected chi connectivity index (χ1v) is 25.0. The van der Waals surface area contributed by atoms with E-state index in [0.717, 1.165) is 70.6 Å². The van der Waals surface area contributed by atoms with Gasteiger partial charge in [0.15, 0.2) is 6.29 Å². The highest BCUT2D eigenvalue weighted by Gasteiger charge is 2.44. The van der Waals surface area contributed by atoms with Gasteiger partial charge in [0.05, 0.1) is 25.4 Å². The van der Waals surface area contributed by atoms with Crippen LogP contribution in [0.15, 0.2) is 97.2 Å². The van der Waals surface area contributed by atoms with E-state index >= 15 is 0 Å². The summed E-state index contributed by atoms with van der Waals surface area (Å²) >= 11 is 0. The standard InChI is InChI=1S/C54H91NO8/c1-3-5-7-9-11-13-15-17-19-21-23-24-26-28-30-32-34-36-38-40-42-44-50(58)55-47(46-62-54-53(61)52(60)51(59)49(45-56)63-54)48(57)43-41-39-37-35-33-31-29-27-25-22-20-18-16-14-12-10-8-6-4-2/h5,7,11,13,17,19,23-24,28,30,33-36,41,43,47-49,51-54,56-57,59-61H,3-4,6,8-10,12,14-16,18,20-22,25-27,29,31-32,37-40,42,44-46H2,1-2H3,(H,55,58)/b7-5-,13-11-,19-17-,24-23-,30-28-,35-33+,36-34-,43-41+. The number of carbonyl (C=O) groups is 1. The molecular weight excluding hydrogens is 791 g/mol. The molecule has 0 saturated carbocycles. The molecule has 6 N–H and O–H groups in total. The molecule has 0 aromatic rings. The van der Waals surface area contributed by atoms with Gasteiger partial charge in [-0.3, -0.25) is 4.79 Å². The summed E-state index contributed by atoms with van der Waals surface area (Å²) in [5, 5.41) is 54.3. The number of ether oxygens (including phenoxy) is 2. The minimum Gasteiger partial charge on any atom is -0.394 e. The van der Waals surface area contributed by atoms with Crippen molar-refractivity contribution in [3.63, 3.8) is 0 Å².